The SMILES string of the molecule is CCOC(=O)N1CCC(NC(=NC)NCCc2nc(-c3ccco3)n[nH]2)CC1.I. The number of hydrogen-bond acceptors (Lipinski definition) is 6. The molecule has 1 amide bonds. The van der Waals surface area contributed by atoms with E-state index in [0.717, 1.165) is 24.6 Å². The fourth-order valence-corrected chi connectivity index (χ4v) is 3.03. The van der Waals surface area contributed by atoms with Gasteiger partial charge in [0, 0.05) is 39.1 Å². The number of nitrogens with one attached hydrogen (secondary N) is 3. The molecule has 3 rings (SSSR count). The fraction of sp³-hybridized carbons (Fsp3) is 0.556. The number of carbonyl (C=O) groups is 1. The first-order valence-electron chi connectivity index (χ1n) is 9.53. The van der Waals surface area contributed by atoms with E-state index in [-0.39, 0.29) is 36.1 Å². The molecule has 2 aromatic rings. The Kier molecular flexibility index (Phi) is 9.22. The lowest BCUT2D eigenvalue weighted by molar-refractivity contribution is 0.0963. The van der Waals surface area contributed by atoms with E-state index in [1.54, 1.807) is 24.3 Å². The zero-order chi connectivity index (χ0) is 19.8. The smallest absolute Gasteiger partial charge is 0.409 e. The Morgan fingerprint density at radius 1 is 1.45 bits per heavy atom. The van der Waals surface area contributed by atoms with E-state index in [0.29, 0.717) is 44.2 Å². The standard InChI is InChI=1S/C18H27N7O3.HI/c1-3-27-18(26)25-10-7-13(8-11-25)21-17(19-2)20-9-6-15-22-16(24-23-15)14-5-4-12-28-14;/h4-5,12-13H,3,6-11H2,1-2H3,(H2,19,20,21)(H,22,23,24);1H. The number of rotatable bonds is 6. The highest BCUT2D eigenvalue weighted by Gasteiger charge is 2.24. The number of aromatic amines is 1. The van der Waals surface area contributed by atoms with Crippen LogP contribution in [0.1, 0.15) is 25.6 Å². The highest BCUT2D eigenvalue weighted by Crippen LogP contribution is 2.14. The molecule has 1 saturated heterocycles. The second kappa shape index (κ2) is 11.6. The first kappa shape index (κ1) is 23.0. The van der Waals surface area contributed by atoms with Crippen LogP contribution in [-0.4, -0.2) is 71.5 Å². The maximum atomic E-state index is 11.8. The lowest BCUT2D eigenvalue weighted by atomic mass is 10.1. The number of ether oxygens (including phenoxy) is 1. The van der Waals surface area contributed by atoms with Crippen LogP contribution in [0.5, 0.6) is 0 Å². The summed E-state index contributed by atoms with van der Waals surface area (Å²) in [5, 5.41) is 13.8. The first-order chi connectivity index (χ1) is 13.7. The number of nitrogens with zero attached hydrogens (tertiary/aromatic N) is 4. The number of aromatic nitrogens is 3. The van der Waals surface area contributed by atoms with Crippen molar-refractivity contribution in [2.75, 3.05) is 33.3 Å². The zero-order valence-electron chi connectivity index (χ0n) is 16.7. The summed E-state index contributed by atoms with van der Waals surface area (Å²) in [4.78, 5) is 22.2. The van der Waals surface area contributed by atoms with Gasteiger partial charge in [-0.2, -0.15) is 5.10 Å². The Labute approximate surface area is 186 Å². The van der Waals surface area contributed by atoms with Crippen molar-refractivity contribution in [1.29, 1.82) is 0 Å². The van der Waals surface area contributed by atoms with Gasteiger partial charge in [-0.1, -0.05) is 0 Å². The third kappa shape index (κ3) is 6.61. The molecule has 2 aromatic heterocycles. The van der Waals surface area contributed by atoms with Crippen LogP contribution < -0.4 is 10.6 Å². The molecule has 0 aliphatic carbocycles. The quantitative estimate of drug-likeness (QED) is 0.305. The molecule has 0 unspecified atom stereocenters. The lowest BCUT2D eigenvalue weighted by Crippen LogP contribution is -2.50. The maximum absolute atomic E-state index is 11.8. The number of guanidine groups is 1. The number of furan rings is 1. The zero-order valence-corrected chi connectivity index (χ0v) is 19.0. The molecule has 3 N–H and O–H groups in total. The molecule has 3 heterocycles. The van der Waals surface area contributed by atoms with Gasteiger partial charge in [-0.15, -0.1) is 24.0 Å². The number of halogens is 1. The molecule has 1 aliphatic rings. The molecule has 0 bridgehead atoms. The van der Waals surface area contributed by atoms with Gasteiger partial charge in [-0.3, -0.25) is 10.1 Å². The van der Waals surface area contributed by atoms with Gasteiger partial charge in [0.05, 0.1) is 12.9 Å². The molecule has 0 atom stereocenters. The van der Waals surface area contributed by atoms with Crippen LogP contribution >= 0.6 is 24.0 Å². The Hall–Kier alpha value is -2.31. The van der Waals surface area contributed by atoms with Crippen LogP contribution in [0, 0.1) is 0 Å². The molecule has 11 heteroatoms. The second-order valence-electron chi connectivity index (χ2n) is 6.44. The van der Waals surface area contributed by atoms with Crippen molar-refractivity contribution < 1.29 is 13.9 Å². The third-order valence-corrected chi connectivity index (χ3v) is 4.51. The van der Waals surface area contributed by atoms with Crippen molar-refractivity contribution in [3.63, 3.8) is 0 Å². The summed E-state index contributed by atoms with van der Waals surface area (Å²) in [6.07, 6.45) is 3.75. The number of aliphatic imine (C=N–C) groups is 1. The summed E-state index contributed by atoms with van der Waals surface area (Å²) in [6.45, 7) is 4.25. The number of likely N-dealkylation sites (tertiary alicyclic amines) is 1. The molecule has 10 nitrogen and oxygen atoms in total. The molecule has 0 aromatic carbocycles. The lowest BCUT2D eigenvalue weighted by Gasteiger charge is -2.32. The van der Waals surface area contributed by atoms with Crippen LogP contribution in [0.3, 0.4) is 0 Å². The van der Waals surface area contributed by atoms with Crippen molar-refractivity contribution in [2.45, 2.75) is 32.2 Å². The Bertz CT molecular complexity index is 770. The van der Waals surface area contributed by atoms with E-state index < -0.39 is 0 Å². The average Bonchev–Trinajstić information content (AvgIpc) is 3.39. The van der Waals surface area contributed by atoms with E-state index in [1.807, 2.05) is 13.0 Å². The number of amides is 1. The summed E-state index contributed by atoms with van der Waals surface area (Å²) in [5.41, 5.74) is 0. The van der Waals surface area contributed by atoms with Crippen LogP contribution in [0.4, 0.5) is 4.79 Å². The van der Waals surface area contributed by atoms with Crippen molar-refractivity contribution in [3.8, 4) is 11.6 Å². The third-order valence-electron chi connectivity index (χ3n) is 4.51. The van der Waals surface area contributed by atoms with Gasteiger partial charge >= 0.3 is 6.09 Å². The average molecular weight is 517 g/mol. The second-order valence-corrected chi connectivity index (χ2v) is 6.44. The van der Waals surface area contributed by atoms with E-state index >= 15 is 0 Å². The summed E-state index contributed by atoms with van der Waals surface area (Å²) >= 11 is 0. The number of H-pyrrole nitrogens is 1. The Morgan fingerprint density at radius 2 is 2.24 bits per heavy atom. The van der Waals surface area contributed by atoms with Gasteiger partial charge in [-0.05, 0) is 31.9 Å². The number of carbonyl (C=O) groups excluding carboxylic acids is 1. The van der Waals surface area contributed by atoms with Crippen molar-refractivity contribution in [3.05, 3.63) is 24.2 Å². The van der Waals surface area contributed by atoms with Gasteiger partial charge in [0.2, 0.25) is 5.82 Å². The topological polar surface area (TPSA) is 121 Å². The number of hydrogen-bond donors (Lipinski definition) is 3. The van der Waals surface area contributed by atoms with Gasteiger partial charge in [0.25, 0.3) is 0 Å². The van der Waals surface area contributed by atoms with Crippen LogP contribution in [0.15, 0.2) is 27.8 Å². The fourth-order valence-electron chi connectivity index (χ4n) is 3.03. The van der Waals surface area contributed by atoms with Gasteiger partial charge in [0.15, 0.2) is 11.7 Å². The summed E-state index contributed by atoms with van der Waals surface area (Å²) < 4.78 is 10.3. The van der Waals surface area contributed by atoms with E-state index in [9.17, 15) is 4.79 Å². The van der Waals surface area contributed by atoms with Gasteiger partial charge in [-0.25, -0.2) is 9.78 Å². The van der Waals surface area contributed by atoms with Gasteiger partial charge in [0.1, 0.15) is 5.82 Å². The minimum atomic E-state index is -0.232. The molecular formula is C18H28IN7O3. The molecule has 1 aliphatic heterocycles. The van der Waals surface area contributed by atoms with Crippen LogP contribution in [0.25, 0.3) is 11.6 Å². The first-order valence-corrected chi connectivity index (χ1v) is 9.53. The monoisotopic (exact) mass is 517 g/mol. The molecule has 0 radical (unpaired) electrons. The minimum absolute atomic E-state index is 0. The van der Waals surface area contributed by atoms with Crippen LogP contribution in [-0.2, 0) is 11.2 Å². The van der Waals surface area contributed by atoms with Gasteiger partial charge < -0.3 is 24.7 Å². The highest BCUT2D eigenvalue weighted by atomic mass is 127. The Morgan fingerprint density at radius 3 is 2.90 bits per heavy atom. The van der Waals surface area contributed by atoms with E-state index in [2.05, 4.69) is 30.8 Å². The van der Waals surface area contributed by atoms with Crippen molar-refractivity contribution in [1.82, 2.24) is 30.7 Å². The van der Waals surface area contributed by atoms with E-state index in [1.165, 1.54) is 0 Å². The molecule has 0 saturated carbocycles. The minimum Gasteiger partial charge on any atom is -0.461 e. The summed E-state index contributed by atoms with van der Waals surface area (Å²) in [6, 6.07) is 3.90. The van der Waals surface area contributed by atoms with Crippen molar-refractivity contribution in [2.24, 2.45) is 4.99 Å². The Balaban J connectivity index is 0.00000300. The number of piperidine rings is 1. The highest BCUT2D eigenvalue weighted by molar-refractivity contribution is 14.0. The predicted octanol–water partition coefficient (Wildman–Crippen LogP) is 2.01. The molecule has 29 heavy (non-hydrogen) atoms. The summed E-state index contributed by atoms with van der Waals surface area (Å²) in [5.74, 6) is 2.70. The van der Waals surface area contributed by atoms with E-state index in [4.69, 9.17) is 9.15 Å². The van der Waals surface area contributed by atoms with Crippen molar-refractivity contribution >= 4 is 36.0 Å². The normalized spacial score (nSPS) is 15.0. The maximum Gasteiger partial charge on any atom is 0.409 e. The summed E-state index contributed by atoms with van der Waals surface area (Å²) in [7, 11) is 1.74. The largest absolute Gasteiger partial charge is 0.461 e. The molecule has 0 spiro atoms. The van der Waals surface area contributed by atoms with Crippen LogP contribution in [0.2, 0.25) is 0 Å². The molecule has 1 fully saturated rings. The predicted molar refractivity (Wildman–Crippen MR) is 119 cm³/mol. The molecule has 160 valence electrons. The molecular weight excluding hydrogens is 489 g/mol.